The molecule has 0 spiro atoms. The Morgan fingerprint density at radius 1 is 1.24 bits per heavy atom. The lowest BCUT2D eigenvalue weighted by molar-refractivity contribution is 0.202. The summed E-state index contributed by atoms with van der Waals surface area (Å²) in [6.07, 6.45) is 9.10. The minimum Gasteiger partial charge on any atom is -0.340 e. The van der Waals surface area contributed by atoms with E-state index in [4.69, 9.17) is 5.73 Å². The van der Waals surface area contributed by atoms with Crippen molar-refractivity contribution in [2.45, 2.75) is 45.6 Å². The maximum Gasteiger partial charge on any atom is 0.0947 e. The van der Waals surface area contributed by atoms with Crippen LogP contribution in [-0.4, -0.2) is 9.55 Å². The molecule has 0 aliphatic heterocycles. The molecule has 0 bridgehead atoms. The summed E-state index contributed by atoms with van der Waals surface area (Å²) < 4.78 is 1.98. The van der Waals surface area contributed by atoms with Crippen LogP contribution < -0.4 is 5.73 Å². The maximum absolute atomic E-state index is 6.33. The van der Waals surface area contributed by atoms with Crippen LogP contribution in [0.5, 0.6) is 0 Å². The minimum absolute atomic E-state index is 0.129. The van der Waals surface area contributed by atoms with Gasteiger partial charge in [-0.1, -0.05) is 13.8 Å². The Morgan fingerprint density at radius 3 is 2.29 bits per heavy atom. The molecule has 3 nitrogen and oxygen atoms in total. The normalized spacial score (nSPS) is 27.4. The number of aromatic nitrogens is 2. The molecule has 1 unspecified atom stereocenters. The van der Waals surface area contributed by atoms with Crippen molar-refractivity contribution >= 4 is 0 Å². The van der Waals surface area contributed by atoms with Crippen LogP contribution >= 0.6 is 0 Å². The highest BCUT2D eigenvalue weighted by Crippen LogP contribution is 2.37. The molecule has 1 saturated carbocycles. The fourth-order valence-electron chi connectivity index (χ4n) is 3.02. The predicted octanol–water partition coefficient (Wildman–Crippen LogP) is 2.88. The first-order valence-electron chi connectivity index (χ1n) is 6.81. The van der Waals surface area contributed by atoms with Crippen LogP contribution in [0.2, 0.25) is 0 Å². The molecule has 1 aliphatic rings. The average Bonchev–Trinajstić information content (AvgIpc) is 2.75. The Kier molecular flexibility index (Phi) is 3.87. The van der Waals surface area contributed by atoms with Gasteiger partial charge >= 0.3 is 0 Å². The van der Waals surface area contributed by atoms with E-state index in [1.165, 1.54) is 25.7 Å². The molecule has 1 fully saturated rings. The third kappa shape index (κ3) is 2.89. The Bertz CT molecular complexity index is 348. The van der Waals surface area contributed by atoms with Crippen molar-refractivity contribution in [1.29, 1.82) is 0 Å². The Labute approximate surface area is 104 Å². The second kappa shape index (κ2) is 5.21. The van der Waals surface area contributed by atoms with E-state index in [1.54, 1.807) is 0 Å². The van der Waals surface area contributed by atoms with Gasteiger partial charge in [0.2, 0.25) is 0 Å². The first-order valence-corrected chi connectivity index (χ1v) is 6.81. The van der Waals surface area contributed by atoms with E-state index < -0.39 is 0 Å². The largest absolute Gasteiger partial charge is 0.340 e. The summed E-state index contributed by atoms with van der Waals surface area (Å²) in [5.74, 6) is 2.35. The Balaban J connectivity index is 1.92. The van der Waals surface area contributed by atoms with Gasteiger partial charge in [-0.15, -0.1) is 0 Å². The summed E-state index contributed by atoms with van der Waals surface area (Å²) in [6.45, 7) is 4.67. The first-order chi connectivity index (χ1) is 8.08. The molecule has 0 radical (unpaired) electrons. The molecule has 17 heavy (non-hydrogen) atoms. The topological polar surface area (TPSA) is 43.8 Å². The number of aryl methyl sites for hydroxylation is 1. The number of hydrogen-bond acceptors (Lipinski definition) is 2. The van der Waals surface area contributed by atoms with Crippen LogP contribution in [0.4, 0.5) is 0 Å². The Hall–Kier alpha value is -0.830. The zero-order valence-electron chi connectivity index (χ0n) is 11.3. The van der Waals surface area contributed by atoms with Crippen LogP contribution in [0.3, 0.4) is 0 Å². The van der Waals surface area contributed by atoms with E-state index in [1.807, 2.05) is 17.9 Å². The van der Waals surface area contributed by atoms with E-state index in [2.05, 4.69) is 25.0 Å². The van der Waals surface area contributed by atoms with Crippen molar-refractivity contribution in [3.05, 3.63) is 18.2 Å². The van der Waals surface area contributed by atoms with Crippen molar-refractivity contribution in [3.63, 3.8) is 0 Å². The van der Waals surface area contributed by atoms with Gasteiger partial charge in [-0.25, -0.2) is 4.98 Å². The van der Waals surface area contributed by atoms with Gasteiger partial charge in [-0.2, -0.15) is 0 Å². The second-order valence-electron chi connectivity index (χ2n) is 5.91. The Morgan fingerprint density at radius 2 is 1.82 bits per heavy atom. The zero-order chi connectivity index (χ0) is 12.4. The van der Waals surface area contributed by atoms with Crippen LogP contribution in [0.15, 0.2) is 12.5 Å². The fourth-order valence-corrected chi connectivity index (χ4v) is 3.02. The van der Waals surface area contributed by atoms with Crippen LogP contribution in [-0.2, 0) is 7.05 Å². The highest BCUT2D eigenvalue weighted by atomic mass is 15.0. The number of nitrogens with two attached hydrogens (primary N) is 1. The lowest BCUT2D eigenvalue weighted by Gasteiger charge is -2.33. The molecule has 0 saturated heterocycles. The molecule has 1 aromatic rings. The molecule has 1 heterocycles. The third-order valence-corrected chi connectivity index (χ3v) is 4.33. The molecule has 1 aliphatic carbocycles. The standard InChI is InChI=1S/C14H25N3/c1-10(2)11-4-6-12(7-5-11)14(15)13-8-17(3)9-16-13/h8-12,14H,4-7,15H2,1-3H3. The third-order valence-electron chi connectivity index (χ3n) is 4.33. The van der Waals surface area contributed by atoms with Crippen molar-refractivity contribution in [3.8, 4) is 0 Å². The van der Waals surface area contributed by atoms with Crippen molar-refractivity contribution in [2.75, 3.05) is 0 Å². The monoisotopic (exact) mass is 235 g/mol. The minimum atomic E-state index is 0.129. The van der Waals surface area contributed by atoms with Gasteiger partial charge in [0.1, 0.15) is 0 Å². The van der Waals surface area contributed by atoms with E-state index in [-0.39, 0.29) is 6.04 Å². The van der Waals surface area contributed by atoms with E-state index in [0.29, 0.717) is 5.92 Å². The molecule has 96 valence electrons. The summed E-state index contributed by atoms with van der Waals surface area (Å²) >= 11 is 0. The first kappa shape index (κ1) is 12.6. The van der Waals surface area contributed by atoms with Crippen molar-refractivity contribution < 1.29 is 0 Å². The molecule has 3 heteroatoms. The lowest BCUT2D eigenvalue weighted by Crippen LogP contribution is -2.27. The fraction of sp³-hybridized carbons (Fsp3) is 0.786. The van der Waals surface area contributed by atoms with Gasteiger partial charge in [0.25, 0.3) is 0 Å². The summed E-state index contributed by atoms with van der Waals surface area (Å²) in [6, 6.07) is 0.129. The van der Waals surface area contributed by atoms with Gasteiger partial charge < -0.3 is 10.3 Å². The van der Waals surface area contributed by atoms with Crippen LogP contribution in [0.25, 0.3) is 0 Å². The summed E-state index contributed by atoms with van der Waals surface area (Å²) in [5, 5.41) is 0. The maximum atomic E-state index is 6.33. The van der Waals surface area contributed by atoms with Crippen molar-refractivity contribution in [2.24, 2.45) is 30.5 Å². The lowest BCUT2D eigenvalue weighted by atomic mass is 9.74. The van der Waals surface area contributed by atoms with Gasteiger partial charge in [-0.3, -0.25) is 0 Å². The molecular formula is C14H25N3. The smallest absolute Gasteiger partial charge is 0.0947 e. The number of nitrogens with zero attached hydrogens (tertiary/aromatic N) is 2. The van der Waals surface area contributed by atoms with Gasteiger partial charge in [-0.05, 0) is 43.4 Å². The van der Waals surface area contributed by atoms with E-state index >= 15 is 0 Å². The molecule has 1 atom stereocenters. The quantitative estimate of drug-likeness (QED) is 0.875. The summed E-state index contributed by atoms with van der Waals surface area (Å²) in [5.41, 5.74) is 7.38. The summed E-state index contributed by atoms with van der Waals surface area (Å²) in [4.78, 5) is 4.38. The second-order valence-corrected chi connectivity index (χ2v) is 5.91. The van der Waals surface area contributed by atoms with Crippen LogP contribution in [0.1, 0.15) is 51.3 Å². The zero-order valence-corrected chi connectivity index (χ0v) is 11.3. The van der Waals surface area contributed by atoms with E-state index in [9.17, 15) is 0 Å². The number of imidazole rings is 1. The highest BCUT2D eigenvalue weighted by molar-refractivity contribution is 5.05. The molecule has 0 aromatic carbocycles. The molecule has 2 N–H and O–H groups in total. The predicted molar refractivity (Wildman–Crippen MR) is 70.4 cm³/mol. The van der Waals surface area contributed by atoms with Gasteiger partial charge in [0.05, 0.1) is 18.1 Å². The molecular weight excluding hydrogens is 210 g/mol. The van der Waals surface area contributed by atoms with Crippen molar-refractivity contribution in [1.82, 2.24) is 9.55 Å². The average molecular weight is 235 g/mol. The molecule has 0 amide bonds. The molecule has 1 aromatic heterocycles. The van der Waals surface area contributed by atoms with Crippen LogP contribution in [0, 0.1) is 17.8 Å². The molecule has 2 rings (SSSR count). The van der Waals surface area contributed by atoms with Gasteiger partial charge in [0, 0.05) is 13.2 Å². The number of rotatable bonds is 3. The highest BCUT2D eigenvalue weighted by Gasteiger charge is 2.28. The van der Waals surface area contributed by atoms with Gasteiger partial charge in [0.15, 0.2) is 0 Å². The SMILES string of the molecule is CC(C)C1CCC(C(N)c2cn(C)cn2)CC1. The van der Waals surface area contributed by atoms with E-state index in [0.717, 1.165) is 17.5 Å². The summed E-state index contributed by atoms with van der Waals surface area (Å²) in [7, 11) is 2.00. The number of hydrogen-bond donors (Lipinski definition) is 1.